The molecule has 0 fully saturated rings. The van der Waals surface area contributed by atoms with E-state index in [-0.39, 0.29) is 12.2 Å². The van der Waals surface area contributed by atoms with Crippen LogP contribution in [0.2, 0.25) is 0 Å². The molecule has 1 aromatic carbocycles. The van der Waals surface area contributed by atoms with E-state index in [1.807, 2.05) is 13.0 Å². The highest BCUT2D eigenvalue weighted by atomic mass is 16.5. The largest absolute Gasteiger partial charge is 0.495 e. The molecule has 0 amide bonds. The van der Waals surface area contributed by atoms with Gasteiger partial charge in [0.2, 0.25) is 5.75 Å². The first-order valence-corrected chi connectivity index (χ1v) is 9.42. The van der Waals surface area contributed by atoms with Crippen LogP contribution in [0.25, 0.3) is 21.9 Å². The van der Waals surface area contributed by atoms with Gasteiger partial charge < -0.3 is 28.5 Å². The zero-order valence-corrected chi connectivity index (χ0v) is 17.0. The Balaban J connectivity index is 1.85. The van der Waals surface area contributed by atoms with Crippen LogP contribution in [0.4, 0.5) is 0 Å². The van der Waals surface area contributed by atoms with Crippen LogP contribution in [0.15, 0.2) is 49.7 Å². The number of methoxy groups -OCH3 is 1. The zero-order chi connectivity index (χ0) is 21.2. The van der Waals surface area contributed by atoms with Crippen LogP contribution >= 0.6 is 0 Å². The summed E-state index contributed by atoms with van der Waals surface area (Å²) >= 11 is 0. The first-order valence-electron chi connectivity index (χ1n) is 9.42. The third-order valence-corrected chi connectivity index (χ3v) is 4.89. The topological polar surface area (TPSA) is 102 Å². The number of hydrogen-bond acceptors (Lipinski definition) is 7. The van der Waals surface area contributed by atoms with Crippen molar-refractivity contribution in [3.05, 3.63) is 46.5 Å². The van der Waals surface area contributed by atoms with E-state index in [1.165, 1.54) is 12.3 Å². The molecule has 7 heteroatoms. The smallest absolute Gasteiger partial charge is 0.336 e. The molecule has 0 saturated heterocycles. The van der Waals surface area contributed by atoms with Crippen LogP contribution in [-0.2, 0) is 0 Å². The summed E-state index contributed by atoms with van der Waals surface area (Å²) < 4.78 is 22.4. The van der Waals surface area contributed by atoms with E-state index in [9.17, 15) is 15.0 Å². The van der Waals surface area contributed by atoms with Gasteiger partial charge in [0.15, 0.2) is 11.2 Å². The Labute approximate surface area is 168 Å². The fourth-order valence-electron chi connectivity index (χ4n) is 3.11. The number of benzene rings is 1. The van der Waals surface area contributed by atoms with E-state index < -0.39 is 17.3 Å². The lowest BCUT2D eigenvalue weighted by molar-refractivity contribution is -0.0509. The molecule has 156 valence electrons. The van der Waals surface area contributed by atoms with Crippen LogP contribution < -0.4 is 15.1 Å². The summed E-state index contributed by atoms with van der Waals surface area (Å²) in [4.78, 5) is 11.8. The highest BCUT2D eigenvalue weighted by Crippen LogP contribution is 2.42. The highest BCUT2D eigenvalue weighted by molar-refractivity contribution is 6.06. The summed E-state index contributed by atoms with van der Waals surface area (Å²) in [5.41, 5.74) is 0.0692. The van der Waals surface area contributed by atoms with Gasteiger partial charge in [0, 0.05) is 6.07 Å². The number of furan rings is 1. The van der Waals surface area contributed by atoms with Crippen LogP contribution in [0.5, 0.6) is 11.5 Å². The van der Waals surface area contributed by atoms with Crippen molar-refractivity contribution in [3.8, 4) is 11.5 Å². The number of ether oxygens (including phenoxy) is 2. The van der Waals surface area contributed by atoms with Crippen molar-refractivity contribution < 1.29 is 28.5 Å². The Bertz CT molecular complexity index is 1080. The fourth-order valence-corrected chi connectivity index (χ4v) is 3.11. The molecule has 3 aromatic rings. The van der Waals surface area contributed by atoms with E-state index in [1.54, 1.807) is 33.1 Å². The van der Waals surface area contributed by atoms with E-state index >= 15 is 0 Å². The third kappa shape index (κ3) is 4.46. The Morgan fingerprint density at radius 1 is 1.21 bits per heavy atom. The van der Waals surface area contributed by atoms with Crippen molar-refractivity contribution >= 4 is 21.9 Å². The number of hydrogen-bond donors (Lipinski definition) is 2. The number of aliphatic hydroxyl groups is 2. The minimum absolute atomic E-state index is 0.223. The minimum Gasteiger partial charge on any atom is -0.495 e. The molecule has 0 radical (unpaired) electrons. The molecule has 2 heterocycles. The summed E-state index contributed by atoms with van der Waals surface area (Å²) in [5, 5.41) is 21.1. The monoisotopic (exact) mass is 402 g/mol. The van der Waals surface area contributed by atoms with Gasteiger partial charge >= 0.3 is 5.63 Å². The molecule has 29 heavy (non-hydrogen) atoms. The van der Waals surface area contributed by atoms with Crippen LogP contribution in [0.1, 0.15) is 33.6 Å². The Hall–Kier alpha value is -2.77. The third-order valence-electron chi connectivity index (χ3n) is 4.89. The SMILES string of the molecule is COc1c2ccoc2c(OC/C=C(\C)CCC(O)C(C)(C)O)c2oc(=O)ccc12. The number of rotatable bonds is 8. The zero-order valence-electron chi connectivity index (χ0n) is 17.0. The van der Waals surface area contributed by atoms with Gasteiger partial charge in [0.1, 0.15) is 12.4 Å². The lowest BCUT2D eigenvalue weighted by Gasteiger charge is -2.24. The average molecular weight is 402 g/mol. The van der Waals surface area contributed by atoms with Crippen molar-refractivity contribution in [2.24, 2.45) is 0 Å². The van der Waals surface area contributed by atoms with Gasteiger partial charge in [-0.05, 0) is 51.8 Å². The molecule has 0 bridgehead atoms. The average Bonchev–Trinajstić information content (AvgIpc) is 3.14. The summed E-state index contributed by atoms with van der Waals surface area (Å²) in [6.07, 6.45) is 3.64. The number of allylic oxidation sites excluding steroid dienone is 1. The molecule has 0 saturated carbocycles. The maximum atomic E-state index is 11.8. The van der Waals surface area contributed by atoms with Gasteiger partial charge in [-0.1, -0.05) is 5.57 Å². The van der Waals surface area contributed by atoms with Gasteiger partial charge in [-0.3, -0.25) is 0 Å². The number of fused-ring (bicyclic) bond motifs is 2. The standard InChI is InChI=1S/C22H26O7/c1-13(5-7-16(23)22(2,3)25)9-11-28-21-19-15(10-12-27-19)18(26-4)14-6-8-17(24)29-20(14)21/h6,8-10,12,16,23,25H,5,7,11H2,1-4H3/b13-9+. The Kier molecular flexibility index (Phi) is 6.00. The molecule has 2 N–H and O–H groups in total. The summed E-state index contributed by atoms with van der Waals surface area (Å²) in [5.74, 6) is 0.881. The number of aliphatic hydroxyl groups excluding tert-OH is 1. The lowest BCUT2D eigenvalue weighted by atomic mass is 9.96. The molecule has 0 aliphatic heterocycles. The highest BCUT2D eigenvalue weighted by Gasteiger charge is 2.24. The maximum Gasteiger partial charge on any atom is 0.336 e. The van der Waals surface area contributed by atoms with E-state index in [0.717, 1.165) is 11.0 Å². The van der Waals surface area contributed by atoms with E-state index in [4.69, 9.17) is 18.3 Å². The van der Waals surface area contributed by atoms with Crippen LogP contribution in [0.3, 0.4) is 0 Å². The summed E-state index contributed by atoms with van der Waals surface area (Å²) in [6.45, 7) is 5.31. The molecular weight excluding hydrogens is 376 g/mol. The van der Waals surface area contributed by atoms with Crippen molar-refractivity contribution in [2.45, 2.75) is 45.3 Å². The van der Waals surface area contributed by atoms with Crippen molar-refractivity contribution in [1.29, 1.82) is 0 Å². The molecule has 1 unspecified atom stereocenters. The second kappa shape index (κ2) is 8.31. The van der Waals surface area contributed by atoms with E-state index in [2.05, 4.69) is 0 Å². The quantitative estimate of drug-likeness (QED) is 0.437. The molecule has 0 spiro atoms. The van der Waals surface area contributed by atoms with Crippen LogP contribution in [-0.4, -0.2) is 35.6 Å². The maximum absolute atomic E-state index is 11.8. The summed E-state index contributed by atoms with van der Waals surface area (Å²) in [7, 11) is 1.54. The normalized spacial score (nSPS) is 13.8. The second-order valence-corrected chi connectivity index (χ2v) is 7.59. The minimum atomic E-state index is -1.14. The molecule has 1 atom stereocenters. The first-order chi connectivity index (χ1) is 13.7. The molecule has 0 aliphatic carbocycles. The van der Waals surface area contributed by atoms with Crippen LogP contribution in [0, 0.1) is 0 Å². The van der Waals surface area contributed by atoms with Gasteiger partial charge in [0.05, 0.1) is 35.9 Å². The van der Waals surface area contributed by atoms with Gasteiger partial charge in [-0.2, -0.15) is 0 Å². The fraction of sp³-hybridized carbons (Fsp3) is 0.409. The predicted molar refractivity (Wildman–Crippen MR) is 110 cm³/mol. The van der Waals surface area contributed by atoms with Crippen molar-refractivity contribution in [2.75, 3.05) is 13.7 Å². The molecule has 7 nitrogen and oxygen atoms in total. The van der Waals surface area contributed by atoms with Crippen molar-refractivity contribution in [1.82, 2.24) is 0 Å². The molecule has 0 aliphatic rings. The molecule has 2 aromatic heterocycles. The first kappa shape index (κ1) is 21.0. The Morgan fingerprint density at radius 2 is 1.93 bits per heavy atom. The second-order valence-electron chi connectivity index (χ2n) is 7.59. The Morgan fingerprint density at radius 3 is 2.62 bits per heavy atom. The molecule has 3 rings (SSSR count). The predicted octanol–water partition coefficient (Wildman–Crippen LogP) is 3.78. The van der Waals surface area contributed by atoms with Gasteiger partial charge in [-0.25, -0.2) is 4.79 Å². The summed E-state index contributed by atoms with van der Waals surface area (Å²) in [6, 6.07) is 4.74. The van der Waals surface area contributed by atoms with Gasteiger partial charge in [-0.15, -0.1) is 0 Å². The molecular formula is C22H26O7. The van der Waals surface area contributed by atoms with Crippen molar-refractivity contribution in [3.63, 3.8) is 0 Å². The van der Waals surface area contributed by atoms with E-state index in [0.29, 0.717) is 35.3 Å². The van der Waals surface area contributed by atoms with Gasteiger partial charge in [0.25, 0.3) is 0 Å². The lowest BCUT2D eigenvalue weighted by Crippen LogP contribution is -2.35.